The molecule has 5 heteroatoms. The Morgan fingerprint density at radius 1 is 1.14 bits per heavy atom. The van der Waals surface area contributed by atoms with Crippen molar-refractivity contribution in [3.8, 4) is 5.75 Å². The molecule has 2 aromatic rings. The molecule has 0 aliphatic heterocycles. The Morgan fingerprint density at radius 2 is 1.86 bits per heavy atom. The van der Waals surface area contributed by atoms with Gasteiger partial charge in [0.05, 0.1) is 23.9 Å². The minimum atomic E-state index is -0.451. The molecule has 21 heavy (non-hydrogen) atoms. The molecule has 0 saturated carbocycles. The Balaban J connectivity index is 2.30. The van der Waals surface area contributed by atoms with Crippen molar-refractivity contribution in [1.82, 2.24) is 0 Å². The fourth-order valence-corrected chi connectivity index (χ4v) is 2.22. The SMILES string of the molecule is COc1ccc(Cl)c(NC(C)c2cc(F)c(C)cc2F)c1. The fourth-order valence-electron chi connectivity index (χ4n) is 2.05. The Morgan fingerprint density at radius 3 is 2.52 bits per heavy atom. The van der Waals surface area contributed by atoms with E-state index in [-0.39, 0.29) is 11.1 Å². The zero-order valence-electron chi connectivity index (χ0n) is 12.0. The van der Waals surface area contributed by atoms with Crippen molar-refractivity contribution in [3.63, 3.8) is 0 Å². The van der Waals surface area contributed by atoms with Gasteiger partial charge in [-0.1, -0.05) is 11.6 Å². The van der Waals surface area contributed by atoms with Gasteiger partial charge in [-0.2, -0.15) is 0 Å². The number of ether oxygens (including phenoxy) is 1. The summed E-state index contributed by atoms with van der Waals surface area (Å²) in [6.07, 6.45) is 0. The first kappa shape index (κ1) is 15.6. The van der Waals surface area contributed by atoms with Gasteiger partial charge in [-0.25, -0.2) is 8.78 Å². The molecule has 0 radical (unpaired) electrons. The molecule has 2 rings (SSSR count). The second-order valence-corrected chi connectivity index (χ2v) is 5.24. The largest absolute Gasteiger partial charge is 0.497 e. The van der Waals surface area contributed by atoms with Crippen LogP contribution in [0.25, 0.3) is 0 Å². The van der Waals surface area contributed by atoms with E-state index in [9.17, 15) is 8.78 Å². The predicted molar refractivity (Wildman–Crippen MR) is 81.1 cm³/mol. The second kappa shape index (κ2) is 6.31. The summed E-state index contributed by atoms with van der Waals surface area (Å²) in [4.78, 5) is 0. The van der Waals surface area contributed by atoms with Crippen LogP contribution in [0.15, 0.2) is 30.3 Å². The lowest BCUT2D eigenvalue weighted by Crippen LogP contribution is -2.10. The van der Waals surface area contributed by atoms with Gasteiger partial charge in [0.25, 0.3) is 0 Å². The number of methoxy groups -OCH3 is 1. The van der Waals surface area contributed by atoms with Gasteiger partial charge in [-0.05, 0) is 43.7 Å². The smallest absolute Gasteiger partial charge is 0.128 e. The molecule has 0 bridgehead atoms. The van der Waals surface area contributed by atoms with Crippen molar-refractivity contribution >= 4 is 17.3 Å². The molecule has 0 aromatic heterocycles. The van der Waals surface area contributed by atoms with Gasteiger partial charge >= 0.3 is 0 Å². The van der Waals surface area contributed by atoms with Crippen molar-refractivity contribution in [3.05, 3.63) is 58.1 Å². The molecular formula is C16H16ClF2NO. The lowest BCUT2D eigenvalue weighted by molar-refractivity contribution is 0.415. The third kappa shape index (κ3) is 3.45. The van der Waals surface area contributed by atoms with E-state index in [0.29, 0.717) is 16.5 Å². The van der Waals surface area contributed by atoms with Crippen molar-refractivity contribution in [1.29, 1.82) is 0 Å². The highest BCUT2D eigenvalue weighted by Crippen LogP contribution is 2.31. The average molecular weight is 312 g/mol. The predicted octanol–water partition coefficient (Wildman–Crippen LogP) is 5.11. The third-order valence-corrected chi connectivity index (χ3v) is 3.62. The van der Waals surface area contributed by atoms with Gasteiger partial charge < -0.3 is 10.1 Å². The molecule has 1 N–H and O–H groups in total. The lowest BCUT2D eigenvalue weighted by Gasteiger charge is -2.18. The van der Waals surface area contributed by atoms with Crippen LogP contribution in [0.2, 0.25) is 5.02 Å². The van der Waals surface area contributed by atoms with Crippen molar-refractivity contribution < 1.29 is 13.5 Å². The lowest BCUT2D eigenvalue weighted by atomic mass is 10.0. The average Bonchev–Trinajstić information content (AvgIpc) is 2.45. The highest BCUT2D eigenvalue weighted by molar-refractivity contribution is 6.33. The van der Waals surface area contributed by atoms with Crippen LogP contribution >= 0.6 is 11.6 Å². The summed E-state index contributed by atoms with van der Waals surface area (Å²) >= 11 is 6.10. The minimum absolute atomic E-state index is 0.247. The molecule has 2 nitrogen and oxygen atoms in total. The summed E-state index contributed by atoms with van der Waals surface area (Å²) in [5, 5.41) is 3.55. The summed E-state index contributed by atoms with van der Waals surface area (Å²) in [6, 6.07) is 7.07. The number of rotatable bonds is 4. The standard InChI is InChI=1S/C16H16ClF2NO/c1-9-6-15(19)12(8-14(9)18)10(2)20-16-7-11(21-3)4-5-13(16)17/h4-8,10,20H,1-3H3. The van der Waals surface area contributed by atoms with Crippen molar-refractivity contribution in [2.24, 2.45) is 0 Å². The summed E-state index contributed by atoms with van der Waals surface area (Å²) in [5.74, 6) is -0.255. The van der Waals surface area contributed by atoms with Crippen molar-refractivity contribution in [2.75, 3.05) is 12.4 Å². The topological polar surface area (TPSA) is 21.3 Å². The Bertz CT molecular complexity index is 661. The molecule has 0 aliphatic carbocycles. The summed E-state index contributed by atoms with van der Waals surface area (Å²) in [7, 11) is 1.55. The number of aryl methyl sites for hydroxylation is 1. The number of benzene rings is 2. The zero-order chi connectivity index (χ0) is 15.6. The van der Waals surface area contributed by atoms with Gasteiger partial charge in [-0.15, -0.1) is 0 Å². The van der Waals surface area contributed by atoms with E-state index in [1.54, 1.807) is 32.2 Å². The Hall–Kier alpha value is -1.81. The van der Waals surface area contributed by atoms with Crippen LogP contribution in [0.4, 0.5) is 14.5 Å². The van der Waals surface area contributed by atoms with Gasteiger partial charge in [-0.3, -0.25) is 0 Å². The van der Waals surface area contributed by atoms with Gasteiger partial charge in [0.2, 0.25) is 0 Å². The third-order valence-electron chi connectivity index (χ3n) is 3.29. The maximum atomic E-state index is 14.0. The summed E-state index contributed by atoms with van der Waals surface area (Å²) < 4.78 is 32.7. The molecule has 112 valence electrons. The quantitative estimate of drug-likeness (QED) is 0.847. The van der Waals surface area contributed by atoms with E-state index in [1.807, 2.05) is 0 Å². The van der Waals surface area contributed by atoms with E-state index >= 15 is 0 Å². The van der Waals surface area contributed by atoms with Crippen LogP contribution < -0.4 is 10.1 Å². The van der Waals surface area contributed by atoms with E-state index in [4.69, 9.17) is 16.3 Å². The van der Waals surface area contributed by atoms with Gasteiger partial charge in [0.1, 0.15) is 17.4 Å². The van der Waals surface area contributed by atoms with E-state index in [0.717, 1.165) is 0 Å². The van der Waals surface area contributed by atoms with Gasteiger partial charge in [0.15, 0.2) is 0 Å². The van der Waals surface area contributed by atoms with Crippen LogP contribution in [0.3, 0.4) is 0 Å². The van der Waals surface area contributed by atoms with Crippen LogP contribution in [0, 0.1) is 18.6 Å². The van der Waals surface area contributed by atoms with Gasteiger partial charge in [0, 0.05) is 11.6 Å². The number of hydrogen-bond acceptors (Lipinski definition) is 2. The van der Waals surface area contributed by atoms with E-state index < -0.39 is 17.7 Å². The number of nitrogens with one attached hydrogen (secondary N) is 1. The fraction of sp³-hybridized carbons (Fsp3) is 0.250. The first-order valence-electron chi connectivity index (χ1n) is 6.48. The maximum absolute atomic E-state index is 14.0. The summed E-state index contributed by atoms with van der Waals surface area (Å²) in [6.45, 7) is 3.27. The van der Waals surface area contributed by atoms with Crippen LogP contribution in [-0.2, 0) is 0 Å². The molecule has 1 unspecified atom stereocenters. The van der Waals surface area contributed by atoms with Crippen LogP contribution in [-0.4, -0.2) is 7.11 Å². The molecule has 0 aliphatic rings. The number of hydrogen-bond donors (Lipinski definition) is 1. The molecular weight excluding hydrogens is 296 g/mol. The van der Waals surface area contributed by atoms with Crippen LogP contribution in [0.5, 0.6) is 5.75 Å². The van der Waals surface area contributed by atoms with Crippen molar-refractivity contribution in [2.45, 2.75) is 19.9 Å². The molecule has 0 heterocycles. The highest BCUT2D eigenvalue weighted by Gasteiger charge is 2.15. The highest BCUT2D eigenvalue weighted by atomic mass is 35.5. The second-order valence-electron chi connectivity index (χ2n) is 4.83. The number of anilines is 1. The van der Waals surface area contributed by atoms with E-state index in [1.165, 1.54) is 19.1 Å². The Labute approximate surface area is 127 Å². The first-order valence-corrected chi connectivity index (χ1v) is 6.85. The molecule has 0 spiro atoms. The zero-order valence-corrected chi connectivity index (χ0v) is 12.8. The maximum Gasteiger partial charge on any atom is 0.128 e. The molecule has 1 atom stereocenters. The molecule has 0 amide bonds. The monoisotopic (exact) mass is 311 g/mol. The van der Waals surface area contributed by atoms with E-state index in [2.05, 4.69) is 5.32 Å². The Kier molecular flexibility index (Phi) is 4.68. The first-order chi connectivity index (χ1) is 9.92. The minimum Gasteiger partial charge on any atom is -0.497 e. The number of halogens is 3. The van der Waals surface area contributed by atoms with Crippen LogP contribution in [0.1, 0.15) is 24.1 Å². The molecule has 2 aromatic carbocycles. The molecule has 0 fully saturated rings. The summed E-state index contributed by atoms with van der Waals surface area (Å²) in [5.41, 5.74) is 1.13. The normalized spacial score (nSPS) is 12.1. The molecule has 0 saturated heterocycles.